The van der Waals surface area contributed by atoms with E-state index in [4.69, 9.17) is 0 Å². The molecule has 0 radical (unpaired) electrons. The number of anilines is 3. The van der Waals surface area contributed by atoms with Crippen molar-refractivity contribution in [2.24, 2.45) is 0 Å². The van der Waals surface area contributed by atoms with E-state index >= 15 is 0 Å². The smallest absolute Gasteiger partial charge is 0.135 e. The number of nitrogens with zero attached hydrogens (tertiary/aromatic N) is 2. The van der Waals surface area contributed by atoms with Crippen LogP contribution in [0, 0.1) is 0 Å². The predicted octanol–water partition coefficient (Wildman–Crippen LogP) is 5.04. The van der Waals surface area contributed by atoms with E-state index in [1.54, 1.807) is 6.33 Å². The molecule has 0 amide bonds. The minimum absolute atomic E-state index is 0.460. The van der Waals surface area contributed by atoms with Gasteiger partial charge in [0, 0.05) is 17.8 Å². The lowest BCUT2D eigenvalue weighted by atomic mass is 9.92. The van der Waals surface area contributed by atoms with E-state index in [9.17, 15) is 0 Å². The number of nitrogens with one attached hydrogen (secondary N) is 2. The third-order valence-corrected chi connectivity index (χ3v) is 4.22. The van der Waals surface area contributed by atoms with Crippen molar-refractivity contribution < 1.29 is 0 Å². The summed E-state index contributed by atoms with van der Waals surface area (Å²) in [6, 6.07) is 9.13. The van der Waals surface area contributed by atoms with Crippen LogP contribution < -0.4 is 10.6 Å². The number of rotatable bonds is 6. The van der Waals surface area contributed by atoms with Crippen molar-refractivity contribution in [1.82, 2.24) is 9.97 Å². The Hall–Kier alpha value is -2.10. The molecule has 23 heavy (non-hydrogen) atoms. The summed E-state index contributed by atoms with van der Waals surface area (Å²) < 4.78 is 0. The van der Waals surface area contributed by atoms with Gasteiger partial charge in [0.2, 0.25) is 0 Å². The van der Waals surface area contributed by atoms with E-state index in [-0.39, 0.29) is 0 Å². The minimum atomic E-state index is 0.460. The quantitative estimate of drug-likeness (QED) is 0.784. The predicted molar refractivity (Wildman–Crippen MR) is 96.6 cm³/mol. The molecule has 0 atom stereocenters. The van der Waals surface area contributed by atoms with Crippen molar-refractivity contribution in [1.29, 1.82) is 0 Å². The Morgan fingerprint density at radius 1 is 0.957 bits per heavy atom. The van der Waals surface area contributed by atoms with Crippen molar-refractivity contribution in [3.63, 3.8) is 0 Å². The first-order chi connectivity index (χ1) is 11.0. The van der Waals surface area contributed by atoms with Crippen LogP contribution in [-0.4, -0.2) is 16.0 Å². The van der Waals surface area contributed by atoms with Gasteiger partial charge < -0.3 is 10.6 Å². The summed E-state index contributed by atoms with van der Waals surface area (Å²) in [5.74, 6) is 2.67. The van der Waals surface area contributed by atoms with Gasteiger partial charge in [-0.25, -0.2) is 9.97 Å². The molecule has 1 aromatic heterocycles. The fourth-order valence-electron chi connectivity index (χ4n) is 2.76. The van der Waals surface area contributed by atoms with E-state index in [0.717, 1.165) is 11.6 Å². The molecule has 122 valence electrons. The van der Waals surface area contributed by atoms with Crippen molar-refractivity contribution in [3.05, 3.63) is 41.7 Å². The van der Waals surface area contributed by atoms with E-state index < -0.39 is 0 Å². The zero-order chi connectivity index (χ0) is 16.4. The molecule has 0 unspecified atom stereocenters. The number of para-hydroxylation sites is 1. The number of aromatic nitrogens is 2. The van der Waals surface area contributed by atoms with Gasteiger partial charge in [-0.2, -0.15) is 0 Å². The summed E-state index contributed by atoms with van der Waals surface area (Å²) in [4.78, 5) is 8.72. The van der Waals surface area contributed by atoms with E-state index in [2.05, 4.69) is 66.5 Å². The van der Waals surface area contributed by atoms with Crippen LogP contribution in [0.15, 0.2) is 30.6 Å². The van der Waals surface area contributed by atoms with Gasteiger partial charge in [-0.1, -0.05) is 45.9 Å². The molecule has 4 heteroatoms. The molecule has 3 rings (SSSR count). The van der Waals surface area contributed by atoms with Crippen molar-refractivity contribution >= 4 is 17.3 Å². The molecule has 1 saturated carbocycles. The summed E-state index contributed by atoms with van der Waals surface area (Å²) in [6.07, 6.45) is 4.10. The normalized spacial score (nSPS) is 14.3. The van der Waals surface area contributed by atoms with Crippen molar-refractivity contribution in [2.75, 3.05) is 10.6 Å². The second-order valence-electron chi connectivity index (χ2n) is 6.95. The van der Waals surface area contributed by atoms with Crippen molar-refractivity contribution in [3.8, 4) is 0 Å². The fraction of sp³-hybridized carbons (Fsp3) is 0.474. The summed E-state index contributed by atoms with van der Waals surface area (Å²) >= 11 is 0. The molecule has 2 N–H and O–H groups in total. The van der Waals surface area contributed by atoms with Crippen LogP contribution in [0.1, 0.15) is 63.5 Å². The first kappa shape index (κ1) is 15.8. The Bertz CT molecular complexity index is 649. The molecule has 1 aromatic carbocycles. The molecule has 1 heterocycles. The monoisotopic (exact) mass is 310 g/mol. The zero-order valence-corrected chi connectivity index (χ0v) is 14.4. The Morgan fingerprint density at radius 2 is 1.57 bits per heavy atom. The van der Waals surface area contributed by atoms with Crippen LogP contribution >= 0.6 is 0 Å². The topological polar surface area (TPSA) is 49.8 Å². The number of hydrogen-bond acceptors (Lipinski definition) is 4. The summed E-state index contributed by atoms with van der Waals surface area (Å²) in [5.41, 5.74) is 3.84. The van der Waals surface area contributed by atoms with E-state index in [1.165, 1.54) is 29.7 Å². The molecular formula is C19H26N4. The van der Waals surface area contributed by atoms with Crippen molar-refractivity contribution in [2.45, 2.75) is 58.4 Å². The van der Waals surface area contributed by atoms with Gasteiger partial charge >= 0.3 is 0 Å². The third kappa shape index (κ3) is 3.81. The number of benzene rings is 1. The lowest BCUT2D eigenvalue weighted by Gasteiger charge is -2.20. The van der Waals surface area contributed by atoms with Crippen LogP contribution in [-0.2, 0) is 0 Å². The lowest BCUT2D eigenvalue weighted by molar-refractivity contribution is 0.838. The number of hydrogen-bond donors (Lipinski definition) is 2. The summed E-state index contributed by atoms with van der Waals surface area (Å²) in [7, 11) is 0. The molecule has 1 aliphatic carbocycles. The van der Waals surface area contributed by atoms with Gasteiger partial charge in [0.1, 0.15) is 18.0 Å². The largest absolute Gasteiger partial charge is 0.367 e. The van der Waals surface area contributed by atoms with Gasteiger partial charge in [0.25, 0.3) is 0 Å². The molecular weight excluding hydrogens is 284 g/mol. The van der Waals surface area contributed by atoms with Crippen LogP contribution in [0.5, 0.6) is 0 Å². The lowest BCUT2D eigenvalue weighted by Crippen LogP contribution is -2.07. The third-order valence-electron chi connectivity index (χ3n) is 4.22. The van der Waals surface area contributed by atoms with Crippen LogP contribution in [0.2, 0.25) is 0 Å². The Labute approximate surface area is 138 Å². The maximum Gasteiger partial charge on any atom is 0.135 e. The van der Waals surface area contributed by atoms with Crippen LogP contribution in [0.4, 0.5) is 17.3 Å². The SMILES string of the molecule is CC(C)c1cccc(C(C)C)c1Nc1cc(NC2CC2)ncn1. The molecule has 0 saturated heterocycles. The average molecular weight is 310 g/mol. The fourth-order valence-corrected chi connectivity index (χ4v) is 2.76. The van der Waals surface area contributed by atoms with Gasteiger partial charge in [-0.05, 0) is 35.8 Å². The zero-order valence-electron chi connectivity index (χ0n) is 14.4. The first-order valence-corrected chi connectivity index (χ1v) is 8.53. The second kappa shape index (κ2) is 6.57. The second-order valence-corrected chi connectivity index (χ2v) is 6.95. The molecule has 0 spiro atoms. The molecule has 1 fully saturated rings. The highest BCUT2D eigenvalue weighted by Crippen LogP contribution is 2.34. The molecule has 0 aliphatic heterocycles. The molecule has 1 aliphatic rings. The maximum absolute atomic E-state index is 4.40. The van der Waals surface area contributed by atoms with E-state index in [1.807, 2.05) is 6.07 Å². The van der Waals surface area contributed by atoms with Crippen LogP contribution in [0.25, 0.3) is 0 Å². The Morgan fingerprint density at radius 3 is 2.13 bits per heavy atom. The molecule has 4 nitrogen and oxygen atoms in total. The summed E-state index contributed by atoms with van der Waals surface area (Å²) in [5, 5.41) is 6.97. The summed E-state index contributed by atoms with van der Waals surface area (Å²) in [6.45, 7) is 8.91. The minimum Gasteiger partial charge on any atom is -0.367 e. The van der Waals surface area contributed by atoms with Gasteiger partial charge in [-0.15, -0.1) is 0 Å². The Kier molecular flexibility index (Phi) is 4.51. The Balaban J connectivity index is 1.91. The van der Waals surface area contributed by atoms with Gasteiger partial charge in [0.15, 0.2) is 0 Å². The van der Waals surface area contributed by atoms with Gasteiger partial charge in [0.05, 0.1) is 0 Å². The highest BCUT2D eigenvalue weighted by atomic mass is 15.1. The average Bonchev–Trinajstić information content (AvgIpc) is 3.31. The standard InChI is InChI=1S/C19H26N4/c1-12(2)15-6-5-7-16(13(3)4)19(15)23-18-10-17(20-11-21-18)22-14-8-9-14/h5-7,10-14H,8-9H2,1-4H3,(H2,20,21,22,23). The van der Waals surface area contributed by atoms with Crippen LogP contribution in [0.3, 0.4) is 0 Å². The highest BCUT2D eigenvalue weighted by Gasteiger charge is 2.21. The van der Waals surface area contributed by atoms with E-state index in [0.29, 0.717) is 17.9 Å². The first-order valence-electron chi connectivity index (χ1n) is 8.53. The maximum atomic E-state index is 4.40. The highest BCUT2D eigenvalue weighted by molar-refractivity contribution is 5.67. The van der Waals surface area contributed by atoms with Gasteiger partial charge in [-0.3, -0.25) is 0 Å². The molecule has 0 bridgehead atoms. The molecule has 2 aromatic rings.